The molecule has 8 heteroatoms. The molecule has 0 aliphatic carbocycles. The minimum Gasteiger partial charge on any atom is -0.364 e. The normalized spacial score (nSPS) is 18.7. The Morgan fingerprint density at radius 2 is 1.82 bits per heavy atom. The highest BCUT2D eigenvalue weighted by Crippen LogP contribution is 2.28. The van der Waals surface area contributed by atoms with Crippen LogP contribution < -0.4 is 10.2 Å². The van der Waals surface area contributed by atoms with Crippen molar-refractivity contribution in [1.82, 2.24) is 10.3 Å². The number of carbonyl (C=O) groups is 1. The second kappa shape index (κ2) is 6.50. The van der Waals surface area contributed by atoms with Gasteiger partial charge in [0, 0.05) is 25.0 Å². The first-order valence-corrected chi connectivity index (χ1v) is 7.06. The molecule has 1 aromatic heterocycles. The molecule has 1 aliphatic rings. The molecular weight excluding hydrogens is 302 g/mol. The Labute approximate surface area is 125 Å². The molecule has 0 aromatic carbocycles. The Morgan fingerprint density at radius 3 is 2.36 bits per heavy atom. The molecule has 0 spiro atoms. The summed E-state index contributed by atoms with van der Waals surface area (Å²) < 4.78 is 53.9. The van der Waals surface area contributed by atoms with E-state index in [1.54, 1.807) is 13.8 Å². The van der Waals surface area contributed by atoms with Gasteiger partial charge in [0.25, 0.3) is 11.9 Å². The van der Waals surface area contributed by atoms with Crippen LogP contribution in [-0.2, 0) is 4.79 Å². The van der Waals surface area contributed by atoms with E-state index >= 15 is 0 Å². The van der Waals surface area contributed by atoms with Crippen molar-refractivity contribution in [2.24, 2.45) is 5.92 Å². The maximum absolute atomic E-state index is 13.8. The number of hydrogen-bond donors (Lipinski definition) is 1. The number of rotatable bonds is 3. The van der Waals surface area contributed by atoms with Gasteiger partial charge in [0.1, 0.15) is 5.69 Å². The highest BCUT2D eigenvalue weighted by atomic mass is 19.2. The van der Waals surface area contributed by atoms with Crippen LogP contribution in [0, 0.1) is 29.4 Å². The van der Waals surface area contributed by atoms with Crippen LogP contribution in [-0.4, -0.2) is 30.0 Å². The predicted molar refractivity (Wildman–Crippen MR) is 72.3 cm³/mol. The zero-order valence-corrected chi connectivity index (χ0v) is 12.3. The van der Waals surface area contributed by atoms with Crippen LogP contribution in [0.15, 0.2) is 0 Å². The van der Waals surface area contributed by atoms with Crippen LogP contribution in [0.4, 0.5) is 23.2 Å². The number of nitrogens with one attached hydrogen (secondary N) is 1. The van der Waals surface area contributed by atoms with Crippen LogP contribution in [0.25, 0.3) is 0 Å². The Morgan fingerprint density at radius 1 is 1.23 bits per heavy atom. The molecule has 0 radical (unpaired) electrons. The Balaban J connectivity index is 2.21. The lowest BCUT2D eigenvalue weighted by Crippen LogP contribution is -2.49. The number of carbonyl (C=O) groups excluding carboxylic acids is 1. The van der Waals surface area contributed by atoms with E-state index in [1.807, 2.05) is 0 Å². The summed E-state index contributed by atoms with van der Waals surface area (Å²) in [7, 11) is 0. The summed E-state index contributed by atoms with van der Waals surface area (Å²) in [6.07, 6.45) is 1.17. The van der Waals surface area contributed by atoms with Gasteiger partial charge < -0.3 is 10.2 Å². The van der Waals surface area contributed by atoms with Crippen molar-refractivity contribution in [2.75, 3.05) is 18.0 Å². The number of amides is 1. The van der Waals surface area contributed by atoms with Crippen LogP contribution in [0.2, 0.25) is 0 Å². The van der Waals surface area contributed by atoms with Gasteiger partial charge in [-0.05, 0) is 12.8 Å². The summed E-state index contributed by atoms with van der Waals surface area (Å²) in [6, 6.07) is -0.332. The van der Waals surface area contributed by atoms with Gasteiger partial charge in [-0.1, -0.05) is 13.8 Å². The van der Waals surface area contributed by atoms with Gasteiger partial charge in [0.05, 0.1) is 0 Å². The quantitative estimate of drug-likeness (QED) is 0.687. The monoisotopic (exact) mass is 319 g/mol. The molecule has 4 nitrogen and oxygen atoms in total. The third-order valence-electron chi connectivity index (χ3n) is 3.58. The van der Waals surface area contributed by atoms with Crippen molar-refractivity contribution in [2.45, 2.75) is 32.7 Å². The highest BCUT2D eigenvalue weighted by Gasteiger charge is 2.29. The van der Waals surface area contributed by atoms with Crippen molar-refractivity contribution >= 4 is 11.6 Å². The SMILES string of the molecule is CC(C)C(=O)NC1CCCN(c2c(F)c(F)nc(F)c2F)C1. The van der Waals surface area contributed by atoms with Crippen LogP contribution >= 0.6 is 0 Å². The molecule has 1 aliphatic heterocycles. The maximum atomic E-state index is 13.8. The second-order valence-electron chi connectivity index (χ2n) is 5.62. The third-order valence-corrected chi connectivity index (χ3v) is 3.58. The molecule has 2 rings (SSSR count). The van der Waals surface area contributed by atoms with E-state index in [2.05, 4.69) is 10.3 Å². The first-order valence-electron chi connectivity index (χ1n) is 7.06. The average Bonchev–Trinajstić information content (AvgIpc) is 2.46. The van der Waals surface area contributed by atoms with Crippen LogP contribution in [0.5, 0.6) is 0 Å². The standard InChI is InChI=1S/C14H17F4N3O/c1-7(2)14(22)19-8-4-3-5-21(6-8)11-9(15)12(17)20-13(18)10(11)16/h7-8H,3-6H2,1-2H3,(H,19,22). The van der Waals surface area contributed by atoms with Gasteiger partial charge in [-0.25, -0.2) is 0 Å². The number of hydrogen-bond acceptors (Lipinski definition) is 3. The minimum atomic E-state index is -1.68. The van der Waals surface area contributed by atoms with Gasteiger partial charge in [-0.15, -0.1) is 0 Å². The number of piperidine rings is 1. The van der Waals surface area contributed by atoms with Gasteiger partial charge in [-0.3, -0.25) is 4.79 Å². The maximum Gasteiger partial charge on any atom is 0.253 e. The molecule has 0 saturated carbocycles. The number of aromatic nitrogens is 1. The van der Waals surface area contributed by atoms with E-state index in [4.69, 9.17) is 0 Å². The lowest BCUT2D eigenvalue weighted by molar-refractivity contribution is -0.124. The Kier molecular flexibility index (Phi) is 4.87. The van der Waals surface area contributed by atoms with Gasteiger partial charge in [0.2, 0.25) is 17.5 Å². The number of halogens is 4. The fraction of sp³-hybridized carbons (Fsp3) is 0.571. The average molecular weight is 319 g/mol. The van der Waals surface area contributed by atoms with Crippen molar-refractivity contribution < 1.29 is 22.4 Å². The first-order chi connectivity index (χ1) is 10.3. The molecule has 122 valence electrons. The topological polar surface area (TPSA) is 45.2 Å². The molecule has 22 heavy (non-hydrogen) atoms. The summed E-state index contributed by atoms with van der Waals surface area (Å²) in [5.41, 5.74) is -0.770. The van der Waals surface area contributed by atoms with Gasteiger partial charge in [0.15, 0.2) is 0 Å². The first kappa shape index (κ1) is 16.5. The molecule has 1 amide bonds. The van der Waals surface area contributed by atoms with E-state index < -0.39 is 29.2 Å². The van der Waals surface area contributed by atoms with Crippen molar-refractivity contribution in [3.05, 3.63) is 23.5 Å². The summed E-state index contributed by atoms with van der Waals surface area (Å²) in [4.78, 5) is 15.4. The number of anilines is 1. The summed E-state index contributed by atoms with van der Waals surface area (Å²) in [5, 5.41) is 2.76. The van der Waals surface area contributed by atoms with E-state index in [0.717, 1.165) is 0 Å². The Hall–Kier alpha value is -1.86. The third kappa shape index (κ3) is 3.31. The summed E-state index contributed by atoms with van der Waals surface area (Å²) in [6.45, 7) is 3.77. The summed E-state index contributed by atoms with van der Waals surface area (Å²) in [5.74, 6) is -6.80. The number of nitrogens with zero attached hydrogens (tertiary/aromatic N) is 2. The molecule has 1 N–H and O–H groups in total. The molecular formula is C14H17F4N3O. The van der Waals surface area contributed by atoms with E-state index in [0.29, 0.717) is 12.8 Å². The van der Waals surface area contributed by atoms with Gasteiger partial charge >= 0.3 is 0 Å². The molecule has 1 saturated heterocycles. The minimum absolute atomic E-state index is 0.0786. The second-order valence-corrected chi connectivity index (χ2v) is 5.62. The molecule has 1 unspecified atom stereocenters. The van der Waals surface area contributed by atoms with Crippen LogP contribution in [0.1, 0.15) is 26.7 Å². The molecule has 1 aromatic rings. The van der Waals surface area contributed by atoms with E-state index in [9.17, 15) is 22.4 Å². The molecule has 1 atom stereocenters. The van der Waals surface area contributed by atoms with Crippen LogP contribution in [0.3, 0.4) is 0 Å². The van der Waals surface area contributed by atoms with Crippen molar-refractivity contribution in [3.63, 3.8) is 0 Å². The predicted octanol–water partition coefficient (Wildman–Crippen LogP) is 2.38. The van der Waals surface area contributed by atoms with E-state index in [-0.39, 0.29) is 31.0 Å². The zero-order chi connectivity index (χ0) is 16.4. The highest BCUT2D eigenvalue weighted by molar-refractivity contribution is 5.78. The lowest BCUT2D eigenvalue weighted by atomic mass is 10.0. The lowest BCUT2D eigenvalue weighted by Gasteiger charge is -2.35. The van der Waals surface area contributed by atoms with Crippen molar-refractivity contribution in [3.8, 4) is 0 Å². The smallest absolute Gasteiger partial charge is 0.253 e. The molecule has 2 heterocycles. The fourth-order valence-electron chi connectivity index (χ4n) is 2.42. The molecule has 1 fully saturated rings. The van der Waals surface area contributed by atoms with E-state index in [1.165, 1.54) is 4.90 Å². The van der Waals surface area contributed by atoms with Gasteiger partial charge in [-0.2, -0.15) is 22.5 Å². The van der Waals surface area contributed by atoms with Crippen molar-refractivity contribution in [1.29, 1.82) is 0 Å². The largest absolute Gasteiger partial charge is 0.364 e. The summed E-state index contributed by atoms with van der Waals surface area (Å²) >= 11 is 0. The molecule has 0 bridgehead atoms. The fourth-order valence-corrected chi connectivity index (χ4v) is 2.42. The number of pyridine rings is 1. The Bertz CT molecular complexity index is 553. The zero-order valence-electron chi connectivity index (χ0n) is 12.3.